The van der Waals surface area contributed by atoms with Gasteiger partial charge in [0.2, 0.25) is 0 Å². The SMILES string of the molecule is CC1(SSC2(C)CCCCC2)CCCCC1. The third-order valence-electron chi connectivity index (χ3n) is 4.27. The smallest absolute Gasteiger partial charge is 0.0235 e. The van der Waals surface area contributed by atoms with Crippen LogP contribution >= 0.6 is 21.6 Å². The minimum Gasteiger partial charge on any atom is -0.0870 e. The fraction of sp³-hybridized carbons (Fsp3) is 1.00. The fourth-order valence-electron chi connectivity index (χ4n) is 2.97. The van der Waals surface area contributed by atoms with Crippen LogP contribution in [-0.4, -0.2) is 9.49 Å². The molecular formula is C14H26S2. The predicted octanol–water partition coefficient (Wildman–Crippen LogP) is 5.81. The van der Waals surface area contributed by atoms with Crippen molar-refractivity contribution in [1.82, 2.24) is 0 Å². The summed E-state index contributed by atoms with van der Waals surface area (Å²) in [5, 5.41) is 0. The van der Waals surface area contributed by atoms with E-state index in [4.69, 9.17) is 0 Å². The number of hydrogen-bond acceptors (Lipinski definition) is 2. The Morgan fingerprint density at radius 2 is 0.875 bits per heavy atom. The fourth-order valence-corrected chi connectivity index (χ4v) is 6.49. The van der Waals surface area contributed by atoms with Crippen molar-refractivity contribution in [3.63, 3.8) is 0 Å². The van der Waals surface area contributed by atoms with Crippen molar-refractivity contribution in [2.75, 3.05) is 0 Å². The molecule has 0 spiro atoms. The minimum atomic E-state index is 0.587. The Balaban J connectivity index is 1.80. The monoisotopic (exact) mass is 258 g/mol. The molecule has 2 aliphatic carbocycles. The highest BCUT2D eigenvalue weighted by molar-refractivity contribution is 8.77. The van der Waals surface area contributed by atoms with E-state index in [1.165, 1.54) is 64.2 Å². The molecular weight excluding hydrogens is 232 g/mol. The van der Waals surface area contributed by atoms with E-state index < -0.39 is 0 Å². The lowest BCUT2D eigenvalue weighted by Gasteiger charge is -2.38. The molecule has 0 nitrogen and oxygen atoms in total. The number of rotatable bonds is 3. The molecule has 94 valence electrons. The molecule has 0 saturated heterocycles. The first kappa shape index (κ1) is 13.1. The highest BCUT2D eigenvalue weighted by atomic mass is 33.1. The first-order valence-electron chi connectivity index (χ1n) is 6.99. The molecule has 0 heterocycles. The molecule has 0 radical (unpaired) electrons. The zero-order valence-electron chi connectivity index (χ0n) is 10.9. The van der Waals surface area contributed by atoms with E-state index >= 15 is 0 Å². The largest absolute Gasteiger partial charge is 0.0870 e. The van der Waals surface area contributed by atoms with Crippen LogP contribution in [0.15, 0.2) is 0 Å². The second kappa shape index (κ2) is 5.56. The highest BCUT2D eigenvalue weighted by Crippen LogP contribution is 2.53. The highest BCUT2D eigenvalue weighted by Gasteiger charge is 2.33. The molecule has 2 saturated carbocycles. The molecule has 0 aliphatic heterocycles. The molecule has 2 rings (SSSR count). The molecule has 0 atom stereocenters. The molecule has 0 amide bonds. The summed E-state index contributed by atoms with van der Waals surface area (Å²) in [7, 11) is 4.44. The van der Waals surface area contributed by atoms with Crippen molar-refractivity contribution in [2.24, 2.45) is 0 Å². The summed E-state index contributed by atoms with van der Waals surface area (Å²) >= 11 is 0. The summed E-state index contributed by atoms with van der Waals surface area (Å²) in [5.41, 5.74) is 0. The van der Waals surface area contributed by atoms with Gasteiger partial charge >= 0.3 is 0 Å². The quantitative estimate of drug-likeness (QED) is 0.586. The first-order chi connectivity index (χ1) is 7.62. The van der Waals surface area contributed by atoms with Gasteiger partial charge in [-0.1, -0.05) is 60.1 Å². The Bertz CT molecular complexity index is 189. The molecule has 2 fully saturated rings. The molecule has 16 heavy (non-hydrogen) atoms. The third kappa shape index (κ3) is 3.60. The van der Waals surface area contributed by atoms with E-state index in [1.807, 2.05) is 0 Å². The Labute approximate surface area is 109 Å². The van der Waals surface area contributed by atoms with Crippen molar-refractivity contribution < 1.29 is 0 Å². The van der Waals surface area contributed by atoms with Crippen LogP contribution in [0.4, 0.5) is 0 Å². The van der Waals surface area contributed by atoms with E-state index in [9.17, 15) is 0 Å². The van der Waals surface area contributed by atoms with Gasteiger partial charge in [0.1, 0.15) is 0 Å². The first-order valence-corrected chi connectivity index (χ1v) is 9.14. The average molecular weight is 258 g/mol. The molecule has 0 unspecified atom stereocenters. The van der Waals surface area contributed by atoms with Gasteiger partial charge in [-0.15, -0.1) is 0 Å². The van der Waals surface area contributed by atoms with Gasteiger partial charge in [-0.05, 0) is 39.5 Å². The third-order valence-corrected chi connectivity index (χ3v) is 8.64. The molecule has 0 aromatic carbocycles. The van der Waals surface area contributed by atoms with Crippen LogP contribution in [0, 0.1) is 0 Å². The second-order valence-corrected chi connectivity index (χ2v) is 9.49. The summed E-state index contributed by atoms with van der Waals surface area (Å²) in [4.78, 5) is 0. The Morgan fingerprint density at radius 3 is 1.19 bits per heavy atom. The van der Waals surface area contributed by atoms with Crippen molar-refractivity contribution in [1.29, 1.82) is 0 Å². The van der Waals surface area contributed by atoms with E-state index in [2.05, 4.69) is 35.4 Å². The van der Waals surface area contributed by atoms with Gasteiger partial charge in [-0.25, -0.2) is 0 Å². The topological polar surface area (TPSA) is 0 Å². The van der Waals surface area contributed by atoms with E-state index in [0.29, 0.717) is 9.49 Å². The van der Waals surface area contributed by atoms with Crippen LogP contribution in [0.25, 0.3) is 0 Å². The van der Waals surface area contributed by atoms with Gasteiger partial charge in [-0.2, -0.15) is 0 Å². The summed E-state index contributed by atoms with van der Waals surface area (Å²) < 4.78 is 1.17. The maximum atomic E-state index is 2.50. The van der Waals surface area contributed by atoms with Gasteiger partial charge < -0.3 is 0 Å². The van der Waals surface area contributed by atoms with Gasteiger partial charge in [0.05, 0.1) is 0 Å². The van der Waals surface area contributed by atoms with Crippen LogP contribution in [0.3, 0.4) is 0 Å². The number of hydrogen-bond donors (Lipinski definition) is 0. The molecule has 2 aliphatic rings. The van der Waals surface area contributed by atoms with E-state index in [-0.39, 0.29) is 0 Å². The van der Waals surface area contributed by atoms with Gasteiger partial charge in [-0.3, -0.25) is 0 Å². The summed E-state index contributed by atoms with van der Waals surface area (Å²) in [6.45, 7) is 4.99. The maximum absolute atomic E-state index is 2.50. The van der Waals surface area contributed by atoms with E-state index in [1.54, 1.807) is 0 Å². The molecule has 0 N–H and O–H groups in total. The molecule has 0 bridgehead atoms. The van der Waals surface area contributed by atoms with Gasteiger partial charge in [0, 0.05) is 9.49 Å². The van der Waals surface area contributed by atoms with Crippen molar-refractivity contribution in [2.45, 2.75) is 87.5 Å². The Morgan fingerprint density at radius 1 is 0.562 bits per heavy atom. The van der Waals surface area contributed by atoms with Crippen molar-refractivity contribution in [3.05, 3.63) is 0 Å². The standard InChI is InChI=1S/C14H26S2/c1-13(9-5-3-6-10-13)15-16-14(2)11-7-4-8-12-14/h3-12H2,1-2H3. The molecule has 0 aromatic heterocycles. The lowest BCUT2D eigenvalue weighted by Crippen LogP contribution is -2.27. The van der Waals surface area contributed by atoms with Crippen molar-refractivity contribution >= 4 is 21.6 Å². The predicted molar refractivity (Wildman–Crippen MR) is 78.2 cm³/mol. The molecule has 2 heteroatoms. The lowest BCUT2D eigenvalue weighted by atomic mass is 9.90. The summed E-state index contributed by atoms with van der Waals surface area (Å²) in [6.07, 6.45) is 14.6. The normalized spacial score (nSPS) is 28.9. The zero-order chi connectivity index (χ0) is 11.5. The van der Waals surface area contributed by atoms with Crippen LogP contribution < -0.4 is 0 Å². The Hall–Kier alpha value is 0.700. The van der Waals surface area contributed by atoms with Crippen LogP contribution in [0.2, 0.25) is 0 Å². The van der Waals surface area contributed by atoms with E-state index in [0.717, 1.165) is 0 Å². The van der Waals surface area contributed by atoms with Crippen LogP contribution in [0.1, 0.15) is 78.1 Å². The van der Waals surface area contributed by atoms with Crippen LogP contribution in [0.5, 0.6) is 0 Å². The van der Waals surface area contributed by atoms with Crippen molar-refractivity contribution in [3.8, 4) is 0 Å². The Kier molecular flexibility index (Phi) is 4.57. The lowest BCUT2D eigenvalue weighted by molar-refractivity contribution is 0.419. The minimum absolute atomic E-state index is 0.587. The van der Waals surface area contributed by atoms with Gasteiger partial charge in [0.25, 0.3) is 0 Å². The maximum Gasteiger partial charge on any atom is 0.0235 e. The summed E-state index contributed by atoms with van der Waals surface area (Å²) in [5.74, 6) is 0. The average Bonchev–Trinajstić information content (AvgIpc) is 2.29. The summed E-state index contributed by atoms with van der Waals surface area (Å²) in [6, 6.07) is 0. The van der Waals surface area contributed by atoms with Gasteiger partial charge in [0.15, 0.2) is 0 Å². The van der Waals surface area contributed by atoms with Crippen LogP contribution in [-0.2, 0) is 0 Å². The second-order valence-electron chi connectivity index (χ2n) is 6.19. The molecule has 0 aromatic rings. The zero-order valence-corrected chi connectivity index (χ0v) is 12.5.